The van der Waals surface area contributed by atoms with Crippen molar-refractivity contribution in [3.8, 4) is 0 Å². The number of fused-ring (bicyclic) bond motifs is 1. The van der Waals surface area contributed by atoms with Gasteiger partial charge in [0.2, 0.25) is 0 Å². The molecular formula is C19H20N2. The molecular weight excluding hydrogens is 256 g/mol. The largest absolute Gasteiger partial charge is 0.305 e. The van der Waals surface area contributed by atoms with Gasteiger partial charge in [0, 0.05) is 6.20 Å². The molecule has 2 aromatic carbocycles. The van der Waals surface area contributed by atoms with Gasteiger partial charge in [0.25, 0.3) is 0 Å². The standard InChI is InChI=1S/C19H20N2/c1-3-20-19(18-14(2)8-7-13-21-18)17-12-6-10-15-9-4-5-11-16(15)17/h4-13,19-20H,3H2,1-2H3. The van der Waals surface area contributed by atoms with E-state index in [4.69, 9.17) is 0 Å². The number of nitrogens with one attached hydrogen (secondary N) is 1. The summed E-state index contributed by atoms with van der Waals surface area (Å²) in [4.78, 5) is 4.62. The Hall–Kier alpha value is -2.19. The highest BCUT2D eigenvalue weighted by atomic mass is 14.9. The molecule has 0 aliphatic rings. The third kappa shape index (κ3) is 2.67. The monoisotopic (exact) mass is 276 g/mol. The number of rotatable bonds is 4. The Kier molecular flexibility index (Phi) is 3.98. The summed E-state index contributed by atoms with van der Waals surface area (Å²) in [5.41, 5.74) is 3.61. The third-order valence-electron chi connectivity index (χ3n) is 3.87. The lowest BCUT2D eigenvalue weighted by Gasteiger charge is -2.21. The van der Waals surface area contributed by atoms with Crippen molar-refractivity contribution in [3.63, 3.8) is 0 Å². The van der Waals surface area contributed by atoms with Gasteiger partial charge in [-0.2, -0.15) is 0 Å². The molecule has 2 nitrogen and oxygen atoms in total. The third-order valence-corrected chi connectivity index (χ3v) is 3.87. The van der Waals surface area contributed by atoms with E-state index in [2.05, 4.69) is 72.7 Å². The molecule has 0 radical (unpaired) electrons. The van der Waals surface area contributed by atoms with Crippen LogP contribution < -0.4 is 5.32 Å². The minimum atomic E-state index is 0.127. The van der Waals surface area contributed by atoms with E-state index in [0.717, 1.165) is 12.2 Å². The van der Waals surface area contributed by atoms with Gasteiger partial charge in [-0.05, 0) is 41.4 Å². The van der Waals surface area contributed by atoms with Crippen molar-refractivity contribution in [2.45, 2.75) is 19.9 Å². The molecule has 3 aromatic rings. The van der Waals surface area contributed by atoms with Gasteiger partial charge in [-0.15, -0.1) is 0 Å². The zero-order valence-electron chi connectivity index (χ0n) is 12.5. The number of nitrogens with zero attached hydrogens (tertiary/aromatic N) is 1. The van der Waals surface area contributed by atoms with E-state index >= 15 is 0 Å². The molecule has 106 valence electrons. The summed E-state index contributed by atoms with van der Waals surface area (Å²) in [7, 11) is 0. The van der Waals surface area contributed by atoms with E-state index in [1.54, 1.807) is 0 Å². The first-order valence-electron chi connectivity index (χ1n) is 7.44. The summed E-state index contributed by atoms with van der Waals surface area (Å²) in [5.74, 6) is 0. The first-order chi connectivity index (χ1) is 10.3. The van der Waals surface area contributed by atoms with Gasteiger partial charge in [0.1, 0.15) is 0 Å². The van der Waals surface area contributed by atoms with Crippen molar-refractivity contribution in [2.75, 3.05) is 6.54 Å². The zero-order valence-corrected chi connectivity index (χ0v) is 12.5. The van der Waals surface area contributed by atoms with Crippen LogP contribution in [0.4, 0.5) is 0 Å². The predicted molar refractivity (Wildman–Crippen MR) is 88.4 cm³/mol. The molecule has 0 amide bonds. The van der Waals surface area contributed by atoms with Gasteiger partial charge in [0.15, 0.2) is 0 Å². The Morgan fingerprint density at radius 3 is 2.62 bits per heavy atom. The normalized spacial score (nSPS) is 12.5. The van der Waals surface area contributed by atoms with Crippen LogP contribution in [-0.2, 0) is 0 Å². The summed E-state index contributed by atoms with van der Waals surface area (Å²) in [6.07, 6.45) is 1.87. The van der Waals surface area contributed by atoms with Gasteiger partial charge in [-0.1, -0.05) is 55.5 Å². The number of benzene rings is 2. The molecule has 0 bridgehead atoms. The Balaban J connectivity index is 2.19. The van der Waals surface area contributed by atoms with E-state index in [9.17, 15) is 0 Å². The second-order valence-corrected chi connectivity index (χ2v) is 5.26. The van der Waals surface area contributed by atoms with Crippen LogP contribution in [0.25, 0.3) is 10.8 Å². The second kappa shape index (κ2) is 6.06. The average Bonchev–Trinajstić information content (AvgIpc) is 2.53. The number of hydrogen-bond donors (Lipinski definition) is 1. The van der Waals surface area contributed by atoms with Gasteiger partial charge in [-0.25, -0.2) is 0 Å². The van der Waals surface area contributed by atoms with Crippen molar-refractivity contribution in [2.24, 2.45) is 0 Å². The Morgan fingerprint density at radius 1 is 1.00 bits per heavy atom. The molecule has 0 saturated heterocycles. The van der Waals surface area contributed by atoms with Crippen LogP contribution in [0.2, 0.25) is 0 Å². The zero-order chi connectivity index (χ0) is 14.7. The van der Waals surface area contributed by atoms with Crippen molar-refractivity contribution >= 4 is 10.8 Å². The second-order valence-electron chi connectivity index (χ2n) is 5.26. The molecule has 0 spiro atoms. The summed E-state index contributed by atoms with van der Waals surface area (Å²) >= 11 is 0. The number of hydrogen-bond acceptors (Lipinski definition) is 2. The molecule has 3 rings (SSSR count). The smallest absolute Gasteiger partial charge is 0.0760 e. The van der Waals surface area contributed by atoms with Crippen LogP contribution in [0.3, 0.4) is 0 Å². The van der Waals surface area contributed by atoms with E-state index in [-0.39, 0.29) is 6.04 Å². The molecule has 0 aliphatic carbocycles. The van der Waals surface area contributed by atoms with Gasteiger partial charge in [-0.3, -0.25) is 4.98 Å². The lowest BCUT2D eigenvalue weighted by atomic mass is 9.94. The van der Waals surface area contributed by atoms with Crippen LogP contribution in [0.5, 0.6) is 0 Å². The molecule has 2 heteroatoms. The van der Waals surface area contributed by atoms with E-state index < -0.39 is 0 Å². The maximum atomic E-state index is 4.62. The van der Waals surface area contributed by atoms with Crippen molar-refractivity contribution in [1.82, 2.24) is 10.3 Å². The molecule has 1 unspecified atom stereocenters. The van der Waals surface area contributed by atoms with Gasteiger partial charge < -0.3 is 5.32 Å². The van der Waals surface area contributed by atoms with Crippen molar-refractivity contribution in [1.29, 1.82) is 0 Å². The Morgan fingerprint density at radius 2 is 1.81 bits per heavy atom. The fraction of sp³-hybridized carbons (Fsp3) is 0.211. The van der Waals surface area contributed by atoms with E-state index in [1.807, 2.05) is 12.3 Å². The molecule has 0 fully saturated rings. The molecule has 1 N–H and O–H groups in total. The fourth-order valence-corrected chi connectivity index (χ4v) is 2.86. The van der Waals surface area contributed by atoms with Crippen LogP contribution in [0.15, 0.2) is 60.8 Å². The highest BCUT2D eigenvalue weighted by molar-refractivity contribution is 5.86. The van der Waals surface area contributed by atoms with E-state index in [1.165, 1.54) is 21.9 Å². The van der Waals surface area contributed by atoms with Crippen molar-refractivity contribution < 1.29 is 0 Å². The highest BCUT2D eigenvalue weighted by Crippen LogP contribution is 2.29. The van der Waals surface area contributed by atoms with Crippen LogP contribution >= 0.6 is 0 Å². The van der Waals surface area contributed by atoms with Gasteiger partial charge >= 0.3 is 0 Å². The first kappa shape index (κ1) is 13.8. The summed E-state index contributed by atoms with van der Waals surface area (Å²) < 4.78 is 0. The maximum absolute atomic E-state index is 4.62. The lowest BCUT2D eigenvalue weighted by molar-refractivity contribution is 0.615. The molecule has 0 saturated carbocycles. The molecule has 1 atom stereocenters. The lowest BCUT2D eigenvalue weighted by Crippen LogP contribution is -2.24. The molecule has 21 heavy (non-hydrogen) atoms. The van der Waals surface area contributed by atoms with Crippen LogP contribution in [0.1, 0.15) is 29.8 Å². The quantitative estimate of drug-likeness (QED) is 0.771. The molecule has 0 aliphatic heterocycles. The van der Waals surface area contributed by atoms with Gasteiger partial charge in [0.05, 0.1) is 11.7 Å². The average molecular weight is 276 g/mol. The van der Waals surface area contributed by atoms with E-state index in [0.29, 0.717) is 0 Å². The minimum absolute atomic E-state index is 0.127. The summed E-state index contributed by atoms with van der Waals surface area (Å²) in [6.45, 7) is 5.16. The number of aromatic nitrogens is 1. The van der Waals surface area contributed by atoms with Crippen LogP contribution in [0, 0.1) is 6.92 Å². The summed E-state index contributed by atoms with van der Waals surface area (Å²) in [6, 6.07) is 19.3. The molecule has 1 aromatic heterocycles. The summed E-state index contributed by atoms with van der Waals surface area (Å²) in [5, 5.41) is 6.14. The predicted octanol–water partition coefficient (Wildman–Crippen LogP) is 4.24. The SMILES string of the molecule is CCNC(c1ncccc1C)c1cccc2ccccc12. The topological polar surface area (TPSA) is 24.9 Å². The molecule has 1 heterocycles. The number of pyridine rings is 1. The Bertz CT molecular complexity index is 744. The Labute approximate surface area is 125 Å². The first-order valence-corrected chi connectivity index (χ1v) is 7.44. The fourth-order valence-electron chi connectivity index (χ4n) is 2.86. The maximum Gasteiger partial charge on any atom is 0.0760 e. The number of aryl methyl sites for hydroxylation is 1. The minimum Gasteiger partial charge on any atom is -0.305 e. The van der Waals surface area contributed by atoms with Crippen molar-refractivity contribution in [3.05, 3.63) is 77.6 Å². The van der Waals surface area contributed by atoms with Crippen LogP contribution in [-0.4, -0.2) is 11.5 Å². The highest BCUT2D eigenvalue weighted by Gasteiger charge is 2.18.